The average Bonchev–Trinajstić information content (AvgIpc) is 2.42. The van der Waals surface area contributed by atoms with Gasteiger partial charge in [-0.3, -0.25) is 0 Å². The third kappa shape index (κ3) is 9.09. The molecule has 0 unspecified atom stereocenters. The molecule has 0 saturated heterocycles. The molecule has 0 aliphatic rings. The number of hydrogen-bond donors (Lipinski definition) is 1. The van der Waals surface area contributed by atoms with E-state index in [-0.39, 0.29) is 0 Å². The Kier molecular flexibility index (Phi) is 11.8. The maximum atomic E-state index is 5.65. The van der Waals surface area contributed by atoms with E-state index in [2.05, 4.69) is 19.1 Å². The molecule has 0 bridgehead atoms. The van der Waals surface area contributed by atoms with Crippen LogP contribution in [0.3, 0.4) is 0 Å². The van der Waals surface area contributed by atoms with Gasteiger partial charge in [-0.15, -0.1) is 0 Å². The van der Waals surface area contributed by atoms with Crippen molar-refractivity contribution in [2.75, 3.05) is 5.73 Å². The van der Waals surface area contributed by atoms with Crippen molar-refractivity contribution in [2.45, 2.75) is 72.1 Å². The lowest BCUT2D eigenvalue weighted by Crippen LogP contribution is -1.88. The van der Waals surface area contributed by atoms with E-state index in [0.29, 0.717) is 0 Å². The minimum absolute atomic E-state index is 0.864. The van der Waals surface area contributed by atoms with E-state index < -0.39 is 0 Å². The first-order valence-electron chi connectivity index (χ1n) is 7.67. The van der Waals surface area contributed by atoms with Crippen LogP contribution < -0.4 is 5.73 Å². The van der Waals surface area contributed by atoms with Gasteiger partial charge in [0.2, 0.25) is 0 Å². The number of nitrogens with two attached hydrogens (primary N) is 1. The zero-order valence-corrected chi connectivity index (χ0v) is 12.5. The molecule has 0 radical (unpaired) electrons. The van der Waals surface area contributed by atoms with Crippen molar-refractivity contribution < 1.29 is 0 Å². The lowest BCUT2D eigenvalue weighted by molar-refractivity contribution is 0.589. The molecule has 1 aromatic rings. The summed E-state index contributed by atoms with van der Waals surface area (Å²) in [6.07, 6.45) is 10.9. The fourth-order valence-electron chi connectivity index (χ4n) is 1.97. The number of rotatable bonds is 8. The summed E-state index contributed by atoms with van der Waals surface area (Å²) in [4.78, 5) is 0. The first-order chi connectivity index (χ1) is 8.83. The third-order valence-corrected chi connectivity index (χ3v) is 3.05. The second-order valence-electron chi connectivity index (χ2n) is 4.61. The Morgan fingerprint density at radius 2 is 1.28 bits per heavy atom. The van der Waals surface area contributed by atoms with Crippen LogP contribution in [0.4, 0.5) is 5.69 Å². The van der Waals surface area contributed by atoms with E-state index in [1.807, 2.05) is 26.0 Å². The predicted molar refractivity (Wildman–Crippen MR) is 83.9 cm³/mol. The van der Waals surface area contributed by atoms with E-state index in [1.165, 1.54) is 56.9 Å². The van der Waals surface area contributed by atoms with Crippen molar-refractivity contribution in [1.82, 2.24) is 0 Å². The lowest BCUT2D eigenvalue weighted by atomic mass is 10.0. The fourth-order valence-corrected chi connectivity index (χ4v) is 1.97. The summed E-state index contributed by atoms with van der Waals surface area (Å²) < 4.78 is 0. The topological polar surface area (TPSA) is 26.0 Å². The van der Waals surface area contributed by atoms with Crippen LogP contribution in [0, 0.1) is 0 Å². The van der Waals surface area contributed by atoms with Gasteiger partial charge in [0.15, 0.2) is 0 Å². The van der Waals surface area contributed by atoms with Gasteiger partial charge >= 0.3 is 0 Å². The Morgan fingerprint density at radius 3 is 1.83 bits per heavy atom. The summed E-state index contributed by atoms with van der Waals surface area (Å²) in [5.74, 6) is 0. The molecule has 1 heteroatoms. The summed E-state index contributed by atoms with van der Waals surface area (Å²) in [6.45, 7) is 6.26. The molecule has 0 aromatic heterocycles. The van der Waals surface area contributed by atoms with Crippen molar-refractivity contribution in [1.29, 1.82) is 0 Å². The molecule has 0 atom stereocenters. The predicted octanol–water partition coefficient (Wildman–Crippen LogP) is 5.59. The fraction of sp³-hybridized carbons (Fsp3) is 0.647. The van der Waals surface area contributed by atoms with Crippen LogP contribution in [-0.4, -0.2) is 0 Å². The molecular weight excluding hydrogens is 218 g/mol. The number of aryl methyl sites for hydroxylation is 1. The molecule has 2 N–H and O–H groups in total. The summed E-state index contributed by atoms with van der Waals surface area (Å²) >= 11 is 0. The normalized spacial score (nSPS) is 9.72. The highest BCUT2D eigenvalue weighted by Crippen LogP contribution is 2.11. The summed E-state index contributed by atoms with van der Waals surface area (Å²) in [5.41, 5.74) is 7.93. The third-order valence-electron chi connectivity index (χ3n) is 3.05. The standard InChI is InChI=1S/C15H25N.C2H6/c1-2-3-4-5-6-7-8-9-14-10-12-15(16)13-11-14;1-2/h10-13H,2-9,16H2,1H3;1-2H3. The van der Waals surface area contributed by atoms with Crippen molar-refractivity contribution >= 4 is 5.69 Å². The Bertz CT molecular complexity index is 263. The summed E-state index contributed by atoms with van der Waals surface area (Å²) in [6, 6.07) is 8.28. The van der Waals surface area contributed by atoms with Gasteiger partial charge in [-0.25, -0.2) is 0 Å². The first kappa shape index (κ1) is 17.0. The zero-order chi connectivity index (χ0) is 13.6. The molecule has 0 amide bonds. The molecule has 0 fully saturated rings. The minimum atomic E-state index is 0.864. The van der Waals surface area contributed by atoms with E-state index >= 15 is 0 Å². The first-order valence-corrected chi connectivity index (χ1v) is 7.67. The van der Waals surface area contributed by atoms with Crippen molar-refractivity contribution in [3.05, 3.63) is 29.8 Å². The van der Waals surface area contributed by atoms with Crippen LogP contribution in [0.25, 0.3) is 0 Å². The molecule has 0 heterocycles. The van der Waals surface area contributed by atoms with Gasteiger partial charge in [-0.2, -0.15) is 0 Å². The van der Waals surface area contributed by atoms with E-state index in [0.717, 1.165) is 5.69 Å². The summed E-state index contributed by atoms with van der Waals surface area (Å²) in [5, 5.41) is 0. The minimum Gasteiger partial charge on any atom is -0.399 e. The van der Waals surface area contributed by atoms with E-state index in [1.54, 1.807) is 0 Å². The average molecular weight is 249 g/mol. The van der Waals surface area contributed by atoms with Crippen molar-refractivity contribution in [2.24, 2.45) is 0 Å². The monoisotopic (exact) mass is 249 g/mol. The maximum absolute atomic E-state index is 5.65. The molecule has 18 heavy (non-hydrogen) atoms. The van der Waals surface area contributed by atoms with Crippen molar-refractivity contribution in [3.8, 4) is 0 Å². The van der Waals surface area contributed by atoms with Crippen LogP contribution in [0.1, 0.15) is 71.3 Å². The van der Waals surface area contributed by atoms with Gasteiger partial charge in [0.1, 0.15) is 0 Å². The quantitative estimate of drug-likeness (QED) is 0.472. The zero-order valence-electron chi connectivity index (χ0n) is 12.5. The molecule has 1 rings (SSSR count). The molecule has 1 aromatic carbocycles. The van der Waals surface area contributed by atoms with Crippen LogP contribution in [-0.2, 0) is 6.42 Å². The van der Waals surface area contributed by atoms with Crippen LogP contribution in [0.2, 0.25) is 0 Å². The van der Waals surface area contributed by atoms with Gasteiger partial charge in [-0.05, 0) is 30.5 Å². The second-order valence-corrected chi connectivity index (χ2v) is 4.61. The van der Waals surface area contributed by atoms with Gasteiger partial charge in [-0.1, -0.05) is 71.4 Å². The molecule has 0 spiro atoms. The molecule has 0 saturated carbocycles. The molecular formula is C17H31N. The number of benzene rings is 1. The van der Waals surface area contributed by atoms with Gasteiger partial charge in [0.25, 0.3) is 0 Å². The smallest absolute Gasteiger partial charge is 0.0314 e. The van der Waals surface area contributed by atoms with Crippen LogP contribution in [0.5, 0.6) is 0 Å². The molecule has 0 aliphatic heterocycles. The Labute approximate surface area is 114 Å². The summed E-state index contributed by atoms with van der Waals surface area (Å²) in [7, 11) is 0. The Morgan fingerprint density at radius 1 is 0.778 bits per heavy atom. The molecule has 1 nitrogen and oxygen atoms in total. The Hall–Kier alpha value is -0.980. The van der Waals surface area contributed by atoms with Crippen LogP contribution in [0.15, 0.2) is 24.3 Å². The number of nitrogen functional groups attached to an aromatic ring is 1. The van der Waals surface area contributed by atoms with Crippen molar-refractivity contribution in [3.63, 3.8) is 0 Å². The SMILES string of the molecule is CC.CCCCCCCCCc1ccc(N)cc1. The second kappa shape index (κ2) is 12.5. The highest BCUT2D eigenvalue weighted by Gasteiger charge is 1.94. The largest absolute Gasteiger partial charge is 0.399 e. The Balaban J connectivity index is 0.00000137. The molecule has 0 aliphatic carbocycles. The number of anilines is 1. The number of unbranched alkanes of at least 4 members (excludes halogenated alkanes) is 6. The van der Waals surface area contributed by atoms with Gasteiger partial charge < -0.3 is 5.73 Å². The van der Waals surface area contributed by atoms with Gasteiger partial charge in [0, 0.05) is 5.69 Å². The van der Waals surface area contributed by atoms with Crippen LogP contribution >= 0.6 is 0 Å². The van der Waals surface area contributed by atoms with Gasteiger partial charge in [0.05, 0.1) is 0 Å². The lowest BCUT2D eigenvalue weighted by Gasteiger charge is -2.02. The highest BCUT2D eigenvalue weighted by molar-refractivity contribution is 5.39. The van der Waals surface area contributed by atoms with E-state index in [9.17, 15) is 0 Å². The highest BCUT2D eigenvalue weighted by atomic mass is 14.5. The maximum Gasteiger partial charge on any atom is 0.0314 e. The van der Waals surface area contributed by atoms with E-state index in [4.69, 9.17) is 5.73 Å². The molecule has 104 valence electrons. The number of hydrogen-bond acceptors (Lipinski definition) is 1.